The minimum atomic E-state index is -0.622. The summed E-state index contributed by atoms with van der Waals surface area (Å²) < 4.78 is 8.08. The lowest BCUT2D eigenvalue weighted by Crippen LogP contribution is -2.60. The molecule has 4 aliphatic rings. The summed E-state index contributed by atoms with van der Waals surface area (Å²) in [4.78, 5) is 0. The number of hydrogen-bond donors (Lipinski definition) is 0. The van der Waals surface area contributed by atoms with Crippen LogP contribution in [-0.2, 0) is 27.1 Å². The van der Waals surface area contributed by atoms with Gasteiger partial charge in [0, 0.05) is 54.9 Å². The topological polar surface area (TPSA) is 14.8 Å². The van der Waals surface area contributed by atoms with Crippen molar-refractivity contribution in [1.29, 1.82) is 0 Å². The van der Waals surface area contributed by atoms with Gasteiger partial charge in [-0.25, -0.2) is 0 Å². The summed E-state index contributed by atoms with van der Waals surface area (Å²) in [6.45, 7) is 33.3. The molecule has 0 fully saturated rings. The maximum absolute atomic E-state index is 2.81. The average molecular weight is 1010 g/mol. The van der Waals surface area contributed by atoms with Crippen molar-refractivity contribution in [2.75, 3.05) is 0 Å². The van der Waals surface area contributed by atoms with Crippen LogP contribution in [0, 0.1) is 0 Å². The second-order valence-corrected chi connectivity index (χ2v) is 28.4. The van der Waals surface area contributed by atoms with Gasteiger partial charge in [0.15, 0.2) is 0 Å². The summed E-state index contributed by atoms with van der Waals surface area (Å²) in [5.41, 5.74) is 30.1. The smallest absolute Gasteiger partial charge is 0.252 e. The molecule has 3 aliphatic heterocycles. The summed E-state index contributed by atoms with van der Waals surface area (Å²) in [5, 5.41) is 8.00. The molecule has 3 nitrogen and oxygen atoms in total. The monoisotopic (exact) mass is 1010 g/mol. The minimum absolute atomic E-state index is 0.0575. The summed E-state index contributed by atoms with van der Waals surface area (Å²) >= 11 is 0. The first-order valence-electron chi connectivity index (χ1n) is 28.8. The molecule has 0 amide bonds. The summed E-state index contributed by atoms with van der Waals surface area (Å²) in [6.07, 6.45) is 0. The van der Waals surface area contributed by atoms with E-state index in [1.165, 1.54) is 160 Å². The van der Waals surface area contributed by atoms with Gasteiger partial charge in [0.1, 0.15) is 0 Å². The molecule has 0 radical (unpaired) electrons. The third kappa shape index (κ3) is 5.62. The van der Waals surface area contributed by atoms with Crippen molar-refractivity contribution >= 4 is 88.5 Å². The zero-order chi connectivity index (χ0) is 53.8. The minimum Gasteiger partial charge on any atom is -0.310 e. The van der Waals surface area contributed by atoms with Gasteiger partial charge in [0.2, 0.25) is 0 Å². The van der Waals surface area contributed by atoms with Crippen LogP contribution in [0.3, 0.4) is 0 Å². The SMILES string of the molecule is CC(C)c1ccc(-n2c3ccccc3c3c4c5ccccc5n5c4c(cc32)B2c3c-5ccc4c3-n3c5c2cc(C(C)(C)C)cc5c2cc(C(C)(C)C)cc(c23)C42c3cc(C(C)(C)C)ccc3-c3ccc(C(C)(C)C)cc32)cc1. The number of hydrogen-bond acceptors (Lipinski definition) is 0. The highest BCUT2D eigenvalue weighted by atomic mass is 15.1. The Morgan fingerprint density at radius 2 is 0.923 bits per heavy atom. The molecule has 0 saturated carbocycles. The fraction of sp³-hybridized carbons (Fsp3) is 0.270. The van der Waals surface area contributed by atoms with Crippen molar-refractivity contribution in [2.24, 2.45) is 0 Å². The lowest BCUT2D eigenvalue weighted by molar-refractivity contribution is 0.583. The molecule has 1 aliphatic carbocycles. The van der Waals surface area contributed by atoms with E-state index in [0.29, 0.717) is 5.92 Å². The number of aromatic nitrogens is 3. The van der Waals surface area contributed by atoms with Crippen molar-refractivity contribution in [1.82, 2.24) is 13.7 Å². The van der Waals surface area contributed by atoms with Gasteiger partial charge < -0.3 is 13.7 Å². The van der Waals surface area contributed by atoms with E-state index in [4.69, 9.17) is 0 Å². The normalized spacial score (nSPS) is 15.0. The van der Waals surface area contributed by atoms with E-state index in [-0.39, 0.29) is 28.4 Å². The Hall–Kier alpha value is -7.56. The Morgan fingerprint density at radius 3 is 1.51 bits per heavy atom. The molecule has 4 heteroatoms. The molecule has 0 unspecified atom stereocenters. The quantitative estimate of drug-likeness (QED) is 0.153. The highest BCUT2D eigenvalue weighted by Crippen LogP contribution is 2.63. The van der Waals surface area contributed by atoms with E-state index in [1.807, 2.05) is 0 Å². The molecule has 16 rings (SSSR count). The molecule has 3 aromatic heterocycles. The average Bonchev–Trinajstić information content (AvgIpc) is 4.30. The van der Waals surface area contributed by atoms with Crippen LogP contribution in [0.4, 0.5) is 0 Å². The summed E-state index contributed by atoms with van der Waals surface area (Å²) in [6, 6.07) is 61.3. The number of para-hydroxylation sites is 2. The number of nitrogens with zero attached hydrogens (tertiary/aromatic N) is 3. The van der Waals surface area contributed by atoms with E-state index in [9.17, 15) is 0 Å². The van der Waals surface area contributed by atoms with Gasteiger partial charge in [-0.1, -0.05) is 200 Å². The number of fused-ring (bicyclic) bond motifs is 18. The van der Waals surface area contributed by atoms with Gasteiger partial charge in [0.05, 0.1) is 33.0 Å². The molecule has 0 N–H and O–H groups in total. The predicted molar refractivity (Wildman–Crippen MR) is 334 cm³/mol. The lowest BCUT2D eigenvalue weighted by atomic mass is 9.33. The Balaban J connectivity index is 1.16. The van der Waals surface area contributed by atoms with E-state index in [1.54, 1.807) is 0 Å². The fourth-order valence-corrected chi connectivity index (χ4v) is 15.4. The van der Waals surface area contributed by atoms with Crippen LogP contribution in [0.15, 0.2) is 152 Å². The van der Waals surface area contributed by atoms with Crippen LogP contribution < -0.4 is 16.4 Å². The maximum atomic E-state index is 2.81. The maximum Gasteiger partial charge on any atom is 0.252 e. The van der Waals surface area contributed by atoms with Crippen molar-refractivity contribution in [3.05, 3.63) is 202 Å². The molecular formula is C74H68BN3. The Labute approximate surface area is 459 Å². The van der Waals surface area contributed by atoms with E-state index >= 15 is 0 Å². The van der Waals surface area contributed by atoms with Gasteiger partial charge >= 0.3 is 0 Å². The van der Waals surface area contributed by atoms with Crippen LogP contribution in [0.5, 0.6) is 0 Å². The van der Waals surface area contributed by atoms with Crippen LogP contribution >= 0.6 is 0 Å². The molecule has 1 spiro atoms. The first kappa shape index (κ1) is 46.5. The third-order valence-electron chi connectivity index (χ3n) is 19.4. The summed E-state index contributed by atoms with van der Waals surface area (Å²) in [7, 11) is 0. The number of benzene rings is 9. The van der Waals surface area contributed by atoms with Crippen LogP contribution in [0.2, 0.25) is 0 Å². The van der Waals surface area contributed by atoms with Crippen molar-refractivity contribution in [3.8, 4) is 28.2 Å². The second kappa shape index (κ2) is 14.6. The Bertz CT molecular complexity index is 4660. The molecule has 0 bridgehead atoms. The molecule has 6 heterocycles. The van der Waals surface area contributed by atoms with E-state index in [0.717, 1.165) is 0 Å². The largest absolute Gasteiger partial charge is 0.310 e. The van der Waals surface area contributed by atoms with Crippen LogP contribution in [-0.4, -0.2) is 20.4 Å². The first-order valence-corrected chi connectivity index (χ1v) is 28.8. The van der Waals surface area contributed by atoms with Crippen molar-refractivity contribution < 1.29 is 0 Å². The molecule has 9 aromatic carbocycles. The van der Waals surface area contributed by atoms with Crippen molar-refractivity contribution in [2.45, 2.75) is 130 Å². The molecular weight excluding hydrogens is 942 g/mol. The zero-order valence-corrected chi connectivity index (χ0v) is 47.9. The summed E-state index contributed by atoms with van der Waals surface area (Å²) in [5.74, 6) is 0.448. The van der Waals surface area contributed by atoms with Gasteiger partial charge in [0.25, 0.3) is 6.71 Å². The van der Waals surface area contributed by atoms with Gasteiger partial charge in [-0.3, -0.25) is 0 Å². The van der Waals surface area contributed by atoms with E-state index < -0.39 is 5.41 Å². The zero-order valence-electron chi connectivity index (χ0n) is 47.9. The molecule has 0 saturated heterocycles. The Kier molecular flexibility index (Phi) is 8.69. The van der Waals surface area contributed by atoms with Gasteiger partial charge in [-0.15, -0.1) is 0 Å². The van der Waals surface area contributed by atoms with Gasteiger partial charge in [-0.2, -0.15) is 0 Å². The molecule has 0 atom stereocenters. The predicted octanol–water partition coefficient (Wildman–Crippen LogP) is 17.1. The van der Waals surface area contributed by atoms with Crippen LogP contribution in [0.1, 0.15) is 153 Å². The fourth-order valence-electron chi connectivity index (χ4n) is 15.4. The Morgan fingerprint density at radius 1 is 0.397 bits per heavy atom. The standard InChI is InChI=1S/C74H68BN3/c1-40(2)41-23-27-46(28-24-41)76-59-21-17-15-19-49(59)63-62(76)39-58-69-64(63)50-20-16-18-22-60(50)77(69)61-32-31-53-68-65(61)75(58)57-38-45(73(12,13)14)34-52-51-33-44(72(9,10)11)37-56(66(51)78(68)67(52)57)74(53)54-35-42(70(3,4)5)25-29-47(54)48-30-26-43(36-55(48)74)71(6,7)8/h15-40H,1-14H3. The molecule has 382 valence electrons. The lowest BCUT2D eigenvalue weighted by Gasteiger charge is -2.45. The highest BCUT2D eigenvalue weighted by molar-refractivity contribution is 7.00. The van der Waals surface area contributed by atoms with E-state index in [2.05, 4.69) is 262 Å². The highest BCUT2D eigenvalue weighted by Gasteiger charge is 2.55. The third-order valence-corrected chi connectivity index (χ3v) is 19.4. The van der Waals surface area contributed by atoms with Crippen LogP contribution in [0.25, 0.3) is 93.6 Å². The first-order chi connectivity index (χ1) is 37.1. The molecule has 12 aromatic rings. The van der Waals surface area contributed by atoms with Gasteiger partial charge in [-0.05, 0) is 154 Å². The molecule has 78 heavy (non-hydrogen) atoms. The van der Waals surface area contributed by atoms with Crippen molar-refractivity contribution in [3.63, 3.8) is 0 Å². The number of rotatable bonds is 2. The second-order valence-electron chi connectivity index (χ2n) is 28.4.